The van der Waals surface area contributed by atoms with E-state index in [4.69, 9.17) is 9.72 Å². The lowest BCUT2D eigenvalue weighted by Gasteiger charge is -2.34. The van der Waals surface area contributed by atoms with E-state index >= 15 is 0 Å². The Morgan fingerprint density at radius 2 is 2.04 bits per heavy atom. The Labute approximate surface area is 161 Å². The van der Waals surface area contributed by atoms with Crippen molar-refractivity contribution in [2.75, 3.05) is 38.3 Å². The number of nitrogens with zero attached hydrogens (tertiary/aromatic N) is 3. The largest absolute Gasteiger partial charge is 0.394 e. The number of amides is 1. The third-order valence-electron chi connectivity index (χ3n) is 6.51. The number of likely N-dealkylation sites (N-methyl/N-ethyl adjacent to an activating group) is 1. The Balaban J connectivity index is 1.49. The van der Waals surface area contributed by atoms with Crippen molar-refractivity contribution in [2.45, 2.75) is 58.1 Å². The van der Waals surface area contributed by atoms with Gasteiger partial charge in [-0.25, -0.2) is 4.98 Å². The van der Waals surface area contributed by atoms with Gasteiger partial charge < -0.3 is 19.6 Å². The monoisotopic (exact) mass is 373 g/mol. The van der Waals surface area contributed by atoms with Gasteiger partial charge in [-0.1, -0.05) is 13.8 Å². The molecule has 4 rings (SSSR count). The minimum Gasteiger partial charge on any atom is -0.394 e. The van der Waals surface area contributed by atoms with Crippen molar-refractivity contribution in [3.05, 3.63) is 22.9 Å². The van der Waals surface area contributed by atoms with E-state index in [1.165, 1.54) is 12.8 Å². The van der Waals surface area contributed by atoms with Crippen molar-refractivity contribution in [1.29, 1.82) is 0 Å². The van der Waals surface area contributed by atoms with Gasteiger partial charge in [-0.3, -0.25) is 4.79 Å². The standard InChI is InChI=1S/C21H31N3O3/c1-4-14-11-16-18(17(12-25)23(3)20(16)26)22-19(14)24-9-5-15(6-10-24)27-13-21(2)7-8-21/h11,15,17,25H,4-10,12-13H2,1-3H3/t17-/m0/s1. The number of carbonyl (C=O) groups excluding carboxylic acids is 1. The topological polar surface area (TPSA) is 65.9 Å². The van der Waals surface area contributed by atoms with Gasteiger partial charge >= 0.3 is 0 Å². The van der Waals surface area contributed by atoms with Crippen molar-refractivity contribution >= 4 is 11.7 Å². The zero-order chi connectivity index (χ0) is 19.2. The average molecular weight is 373 g/mol. The first-order valence-electron chi connectivity index (χ1n) is 10.2. The van der Waals surface area contributed by atoms with Crippen LogP contribution in [0.3, 0.4) is 0 Å². The number of pyridine rings is 1. The van der Waals surface area contributed by atoms with Crippen molar-refractivity contribution in [3.8, 4) is 0 Å². The van der Waals surface area contributed by atoms with E-state index in [2.05, 4.69) is 18.7 Å². The number of anilines is 1. The van der Waals surface area contributed by atoms with Gasteiger partial charge in [0, 0.05) is 20.1 Å². The van der Waals surface area contributed by atoms with Crippen LogP contribution in [0.2, 0.25) is 0 Å². The molecule has 2 aliphatic heterocycles. The molecule has 6 heteroatoms. The number of ether oxygens (including phenoxy) is 1. The fraction of sp³-hybridized carbons (Fsp3) is 0.714. The third-order valence-corrected chi connectivity index (χ3v) is 6.51. The van der Waals surface area contributed by atoms with Crippen LogP contribution in [-0.2, 0) is 11.2 Å². The second-order valence-corrected chi connectivity index (χ2v) is 8.68. The number of aliphatic hydroxyl groups excluding tert-OH is 1. The van der Waals surface area contributed by atoms with Crippen LogP contribution in [0.15, 0.2) is 6.07 Å². The number of aromatic nitrogens is 1. The zero-order valence-electron chi connectivity index (χ0n) is 16.7. The molecular formula is C21H31N3O3. The minimum absolute atomic E-state index is 0.0431. The predicted molar refractivity (Wildman–Crippen MR) is 104 cm³/mol. The van der Waals surface area contributed by atoms with E-state index in [1.807, 2.05) is 6.07 Å². The lowest BCUT2D eigenvalue weighted by Crippen LogP contribution is -2.38. The summed E-state index contributed by atoms with van der Waals surface area (Å²) in [6.07, 6.45) is 5.80. The molecule has 1 N–H and O–H groups in total. The fourth-order valence-corrected chi connectivity index (χ4v) is 4.15. The van der Waals surface area contributed by atoms with E-state index < -0.39 is 0 Å². The minimum atomic E-state index is -0.336. The van der Waals surface area contributed by atoms with Gasteiger partial charge in [0.1, 0.15) is 5.82 Å². The Morgan fingerprint density at radius 3 is 2.63 bits per heavy atom. The van der Waals surface area contributed by atoms with E-state index in [0.717, 1.165) is 56.0 Å². The molecule has 1 aromatic heterocycles. The van der Waals surface area contributed by atoms with Crippen LogP contribution in [0.5, 0.6) is 0 Å². The highest BCUT2D eigenvalue weighted by Gasteiger charge is 2.39. The summed E-state index contributed by atoms with van der Waals surface area (Å²) in [4.78, 5) is 21.3. The van der Waals surface area contributed by atoms with Crippen LogP contribution >= 0.6 is 0 Å². The number of piperidine rings is 1. The number of carbonyl (C=O) groups is 1. The van der Waals surface area contributed by atoms with Crippen molar-refractivity contribution in [1.82, 2.24) is 9.88 Å². The molecule has 3 aliphatic rings. The summed E-state index contributed by atoms with van der Waals surface area (Å²) in [6.45, 7) is 7.05. The third kappa shape index (κ3) is 3.45. The normalized spacial score (nSPS) is 24.4. The molecule has 0 aromatic carbocycles. The van der Waals surface area contributed by atoms with Crippen molar-refractivity contribution in [2.24, 2.45) is 5.41 Å². The maximum Gasteiger partial charge on any atom is 0.256 e. The van der Waals surface area contributed by atoms with Crippen LogP contribution in [0.25, 0.3) is 0 Å². The maximum atomic E-state index is 12.5. The molecule has 1 atom stereocenters. The van der Waals surface area contributed by atoms with E-state index in [0.29, 0.717) is 17.1 Å². The van der Waals surface area contributed by atoms with Gasteiger partial charge in [-0.15, -0.1) is 0 Å². The van der Waals surface area contributed by atoms with Gasteiger partial charge in [0.15, 0.2) is 0 Å². The number of fused-ring (bicyclic) bond motifs is 1. The Bertz CT molecular complexity index is 724. The smallest absolute Gasteiger partial charge is 0.256 e. The number of aryl methyl sites for hydroxylation is 1. The summed E-state index contributed by atoms with van der Waals surface area (Å²) < 4.78 is 6.16. The Morgan fingerprint density at radius 1 is 1.33 bits per heavy atom. The van der Waals surface area contributed by atoms with E-state index in [9.17, 15) is 9.90 Å². The molecule has 1 aromatic rings. The van der Waals surface area contributed by atoms with Crippen molar-refractivity contribution in [3.63, 3.8) is 0 Å². The Hall–Kier alpha value is -1.66. The molecule has 6 nitrogen and oxygen atoms in total. The highest BCUT2D eigenvalue weighted by molar-refractivity contribution is 5.99. The molecular weight excluding hydrogens is 342 g/mol. The number of hydrogen-bond donors (Lipinski definition) is 1. The van der Waals surface area contributed by atoms with Crippen molar-refractivity contribution < 1.29 is 14.6 Å². The van der Waals surface area contributed by atoms with Gasteiger partial charge in [-0.2, -0.15) is 0 Å². The van der Waals surface area contributed by atoms with Crippen LogP contribution < -0.4 is 4.90 Å². The second-order valence-electron chi connectivity index (χ2n) is 8.68. The lowest BCUT2D eigenvalue weighted by atomic mass is 10.0. The molecule has 2 fully saturated rings. The number of aliphatic hydroxyl groups is 1. The summed E-state index contributed by atoms with van der Waals surface area (Å²) in [5.74, 6) is 0.934. The molecule has 0 unspecified atom stereocenters. The van der Waals surface area contributed by atoms with Crippen LogP contribution in [0.1, 0.15) is 67.2 Å². The Kier molecular flexibility index (Phi) is 4.89. The summed E-state index contributed by atoms with van der Waals surface area (Å²) in [5.41, 5.74) is 2.91. The molecule has 27 heavy (non-hydrogen) atoms. The molecule has 3 heterocycles. The summed E-state index contributed by atoms with van der Waals surface area (Å²) in [5, 5.41) is 9.73. The van der Waals surface area contributed by atoms with E-state index in [-0.39, 0.29) is 18.6 Å². The second kappa shape index (κ2) is 7.06. The van der Waals surface area contributed by atoms with Gasteiger partial charge in [0.25, 0.3) is 5.91 Å². The summed E-state index contributed by atoms with van der Waals surface area (Å²) in [7, 11) is 1.74. The van der Waals surface area contributed by atoms with Gasteiger partial charge in [-0.05, 0) is 49.1 Å². The molecule has 1 amide bonds. The van der Waals surface area contributed by atoms with Gasteiger partial charge in [0.2, 0.25) is 0 Å². The summed E-state index contributed by atoms with van der Waals surface area (Å²) in [6, 6.07) is 1.65. The fourth-order valence-electron chi connectivity index (χ4n) is 4.15. The van der Waals surface area contributed by atoms with Crippen LogP contribution in [-0.4, -0.2) is 60.4 Å². The highest BCUT2D eigenvalue weighted by atomic mass is 16.5. The molecule has 1 saturated heterocycles. The first-order valence-corrected chi connectivity index (χ1v) is 10.2. The SMILES string of the molecule is CCc1cc2c(nc1N1CCC(OCC3(C)CC3)CC1)[C@H](CO)N(C)C2=O. The lowest BCUT2D eigenvalue weighted by molar-refractivity contribution is 0.0126. The highest BCUT2D eigenvalue weighted by Crippen LogP contribution is 2.45. The average Bonchev–Trinajstić information content (AvgIpc) is 3.38. The molecule has 0 bridgehead atoms. The summed E-state index contributed by atoms with van der Waals surface area (Å²) >= 11 is 0. The number of hydrogen-bond acceptors (Lipinski definition) is 5. The molecule has 1 aliphatic carbocycles. The van der Waals surface area contributed by atoms with Crippen LogP contribution in [0.4, 0.5) is 5.82 Å². The van der Waals surface area contributed by atoms with Gasteiger partial charge in [0.05, 0.1) is 36.6 Å². The quantitative estimate of drug-likeness (QED) is 0.830. The maximum absolute atomic E-state index is 12.5. The zero-order valence-corrected chi connectivity index (χ0v) is 16.7. The molecule has 1 saturated carbocycles. The van der Waals surface area contributed by atoms with E-state index in [1.54, 1.807) is 11.9 Å². The number of rotatable bonds is 6. The molecule has 148 valence electrons. The predicted octanol–water partition coefficient (Wildman–Crippen LogP) is 2.55. The van der Waals surface area contributed by atoms with Crippen LogP contribution in [0, 0.1) is 5.41 Å². The first-order chi connectivity index (χ1) is 13.0. The molecule has 0 radical (unpaired) electrons. The molecule has 0 spiro atoms. The first kappa shape index (κ1) is 18.7.